The number of nitrogens with one attached hydrogen (secondary N) is 2. The molecule has 20 heteroatoms. The van der Waals surface area contributed by atoms with Crippen LogP contribution in [0.5, 0.6) is 0 Å². The number of esters is 2. The molecule has 2 aromatic heterocycles. The number of rotatable bonds is 23. The van der Waals surface area contributed by atoms with Crippen LogP contribution in [0, 0.1) is 0 Å². The van der Waals surface area contributed by atoms with Crippen molar-refractivity contribution in [2.24, 2.45) is 5.16 Å². The minimum absolute atomic E-state index is 0. The Bertz CT molecular complexity index is 3740. The number of hydrogen-bond acceptors (Lipinski definition) is 13. The smallest absolute Gasteiger partial charge is 0.448 e. The van der Waals surface area contributed by atoms with Gasteiger partial charge in [-0.15, -0.1) is 34.9 Å². The lowest BCUT2D eigenvalue weighted by atomic mass is 9.77. The summed E-state index contributed by atoms with van der Waals surface area (Å²) in [5.74, 6) is -2.40. The highest BCUT2D eigenvalue weighted by atomic mass is 127. The van der Waals surface area contributed by atoms with Crippen molar-refractivity contribution in [1.82, 2.24) is 15.2 Å². The average Bonchev–Trinajstić information content (AvgIpc) is 0.880. The minimum atomic E-state index is -4.41. The second-order valence-corrected chi connectivity index (χ2v) is 23.8. The van der Waals surface area contributed by atoms with Gasteiger partial charge < -0.3 is 48.9 Å². The maximum atomic E-state index is 15.1. The van der Waals surface area contributed by atoms with Gasteiger partial charge in [-0.1, -0.05) is 217 Å². The maximum absolute atomic E-state index is 15.1. The normalized spacial score (nSPS) is 15.3. The molecule has 13 nitrogen and oxygen atoms in total. The fraction of sp³-hybridized carbons (Fsp3) is 0.174. The summed E-state index contributed by atoms with van der Waals surface area (Å²) in [4.78, 5) is 71.7. The van der Waals surface area contributed by atoms with Crippen molar-refractivity contribution in [3.63, 3.8) is 0 Å². The van der Waals surface area contributed by atoms with E-state index in [9.17, 15) is 27.6 Å². The molecule has 2 amide bonds. The van der Waals surface area contributed by atoms with Crippen molar-refractivity contribution in [1.29, 1.82) is 0 Å². The molecule has 0 aliphatic carbocycles. The van der Waals surface area contributed by atoms with Crippen LogP contribution >= 0.6 is 34.9 Å². The molecule has 0 radical (unpaired) electrons. The van der Waals surface area contributed by atoms with Crippen LogP contribution in [0.25, 0.3) is 0 Å². The fourth-order valence-corrected chi connectivity index (χ4v) is 13.6. The van der Waals surface area contributed by atoms with Crippen LogP contribution in [0.4, 0.5) is 18.3 Å². The number of halogens is 4. The number of alkyl halides is 3. The number of anilines is 1. The average molecular weight is 1360 g/mol. The number of ether oxygens (including phenoxy) is 2. The van der Waals surface area contributed by atoms with Crippen molar-refractivity contribution in [2.75, 3.05) is 16.8 Å². The zero-order chi connectivity index (χ0) is 61.0. The molecule has 3 atom stereocenters. The number of oxime groups is 1. The van der Waals surface area contributed by atoms with E-state index in [0.717, 1.165) is 32.4 Å². The first-order valence-corrected chi connectivity index (χ1v) is 31.1. The van der Waals surface area contributed by atoms with E-state index in [1.54, 1.807) is 24.4 Å². The van der Waals surface area contributed by atoms with Gasteiger partial charge in [0.1, 0.15) is 34.4 Å². The molecule has 7 aromatic carbocycles. The number of nitrogens with zero attached hydrogens (tertiary/aromatic N) is 4. The number of thiazole rings is 1. The quantitative estimate of drug-likeness (QED) is 0.00920. The number of benzene rings is 7. The maximum Gasteiger partial charge on any atom is 0.448 e. The summed E-state index contributed by atoms with van der Waals surface area (Å²) in [6, 6.07) is 68.8. The van der Waals surface area contributed by atoms with Crippen LogP contribution in [0.1, 0.15) is 70.2 Å². The fourth-order valence-electron chi connectivity index (χ4n) is 10.5. The number of aromatic nitrogens is 2. The van der Waals surface area contributed by atoms with E-state index in [4.69, 9.17) is 19.3 Å². The molecule has 0 saturated carbocycles. The number of carbonyl (C=O) groups is 4. The Balaban J connectivity index is 0.00000873. The summed E-state index contributed by atoms with van der Waals surface area (Å²) in [5, 5.41) is 12.3. The van der Waals surface area contributed by atoms with Crippen molar-refractivity contribution >= 4 is 69.5 Å². The van der Waals surface area contributed by atoms with Gasteiger partial charge in [0.05, 0.1) is 6.42 Å². The van der Waals surface area contributed by atoms with Crippen LogP contribution in [0.15, 0.2) is 264 Å². The largest absolute Gasteiger partial charge is 1.00 e. The van der Waals surface area contributed by atoms with Crippen molar-refractivity contribution in [3.05, 3.63) is 298 Å². The summed E-state index contributed by atoms with van der Waals surface area (Å²) in [5.41, 5.74) is 4.99. The molecule has 1 saturated heterocycles. The Kier molecular flexibility index (Phi) is 20.8. The third kappa shape index (κ3) is 15.1. The molecule has 2 aliphatic heterocycles. The number of carbonyl (C=O) groups excluding carboxylic acids is 4. The Hall–Kier alpha value is -8.57. The molecule has 11 rings (SSSR count). The number of β-lactam (4-membered cyclic amide) rings is 1. The summed E-state index contributed by atoms with van der Waals surface area (Å²) in [7, 11) is 0. The summed E-state index contributed by atoms with van der Waals surface area (Å²) < 4.78 is 53.2. The molecule has 2 aliphatic rings. The third-order valence-electron chi connectivity index (χ3n) is 14.7. The molecular formula is C69H58F3IN6O7S3. The van der Waals surface area contributed by atoms with Crippen LogP contribution in [0.3, 0.4) is 0 Å². The van der Waals surface area contributed by atoms with Crippen molar-refractivity contribution < 1.29 is 75.2 Å². The van der Waals surface area contributed by atoms with Gasteiger partial charge in [0, 0.05) is 33.9 Å². The van der Waals surface area contributed by atoms with Gasteiger partial charge in [0.25, 0.3) is 11.8 Å². The Morgan fingerprint density at radius 2 is 1.15 bits per heavy atom. The number of fused-ring (bicyclic) bond motifs is 1. The zero-order valence-corrected chi connectivity index (χ0v) is 52.3. The predicted octanol–water partition coefficient (Wildman–Crippen LogP) is 10.0. The summed E-state index contributed by atoms with van der Waals surface area (Å²) >= 11 is 3.84. The summed E-state index contributed by atoms with van der Waals surface area (Å²) in [6.07, 6.45) is -4.52. The van der Waals surface area contributed by atoms with Crippen LogP contribution in [-0.2, 0) is 45.6 Å². The number of hydrogen-bond donors (Lipinski definition) is 2. The second kappa shape index (κ2) is 29.2. The lowest BCUT2D eigenvalue weighted by Gasteiger charge is -2.49. The molecule has 452 valence electrons. The van der Waals surface area contributed by atoms with Crippen LogP contribution in [-0.4, -0.2) is 74.6 Å². The lowest BCUT2D eigenvalue weighted by Crippen LogP contribution is -3.00. The molecule has 9 aromatic rings. The predicted molar refractivity (Wildman–Crippen MR) is 334 cm³/mol. The molecule has 89 heavy (non-hydrogen) atoms. The van der Waals surface area contributed by atoms with Gasteiger partial charge in [-0.05, 0) is 51.4 Å². The highest BCUT2D eigenvalue weighted by Crippen LogP contribution is 2.44. The first-order chi connectivity index (χ1) is 42.8. The van der Waals surface area contributed by atoms with E-state index in [1.807, 2.05) is 212 Å². The Labute approximate surface area is 542 Å². The highest BCUT2D eigenvalue weighted by Gasteiger charge is 2.55. The molecule has 1 unspecified atom stereocenters. The molecular weight excluding hydrogens is 1300 g/mol. The SMILES string of the molecule is CC(CC(=O)OC(c1ccccc1)c1ccccc1)O/N=C(/C(=O)N[C@@H]1C(=O)N2C(C(=O)OC(c3ccccc3)c3ccccc3)=C(CSc3cc[n+](CC(F)(F)F)cc3)CS[C@H]12)c1csc(NC(c2ccccc2)(c2ccccc2)c2ccccc2)n1.[I-]. The van der Waals surface area contributed by atoms with E-state index in [2.05, 4.69) is 15.8 Å². The lowest BCUT2D eigenvalue weighted by molar-refractivity contribution is -0.719. The first kappa shape index (κ1) is 63.4. The zero-order valence-electron chi connectivity index (χ0n) is 47.7. The topological polar surface area (TPSA) is 152 Å². The Morgan fingerprint density at radius 1 is 0.685 bits per heavy atom. The van der Waals surface area contributed by atoms with Crippen LogP contribution in [0.2, 0.25) is 0 Å². The van der Waals surface area contributed by atoms with E-state index in [-0.39, 0.29) is 59.0 Å². The van der Waals surface area contributed by atoms with E-state index < -0.39 is 71.7 Å². The second-order valence-electron chi connectivity index (χ2n) is 20.8. The van der Waals surface area contributed by atoms with E-state index in [0.29, 0.717) is 26.7 Å². The third-order valence-corrected chi connectivity index (χ3v) is 17.9. The van der Waals surface area contributed by atoms with Gasteiger partial charge in [0.15, 0.2) is 35.4 Å². The van der Waals surface area contributed by atoms with Gasteiger partial charge in [-0.2, -0.15) is 17.7 Å². The number of thioether (sulfide) groups is 2. The van der Waals surface area contributed by atoms with Gasteiger partial charge >= 0.3 is 18.1 Å². The van der Waals surface area contributed by atoms with E-state index >= 15 is 4.79 Å². The molecule has 0 spiro atoms. The highest BCUT2D eigenvalue weighted by molar-refractivity contribution is 8.01. The Morgan fingerprint density at radius 3 is 1.62 bits per heavy atom. The van der Waals surface area contributed by atoms with Gasteiger partial charge in [-0.25, -0.2) is 9.78 Å². The van der Waals surface area contributed by atoms with Crippen molar-refractivity contribution in [2.45, 2.75) is 66.2 Å². The van der Waals surface area contributed by atoms with Gasteiger partial charge in [0.2, 0.25) is 6.54 Å². The van der Waals surface area contributed by atoms with Gasteiger partial charge in [-0.3, -0.25) is 19.3 Å². The number of amides is 2. The minimum Gasteiger partial charge on any atom is -1.00 e. The number of pyridine rings is 1. The molecule has 1 fully saturated rings. The molecule has 2 N–H and O–H groups in total. The van der Waals surface area contributed by atoms with Crippen LogP contribution < -0.4 is 39.2 Å². The molecule has 0 bridgehead atoms. The monoisotopic (exact) mass is 1360 g/mol. The van der Waals surface area contributed by atoms with E-state index in [1.165, 1.54) is 52.2 Å². The standard InChI is InChI=1S/C69H57F3N6O7S3.HI/c1-46(41-57(79)83-61(47-23-9-2-10-24-47)48-25-11-3-12-26-48)85-76-58(56-44-88-67(73-56)75-69(52-31-17-6-18-32-52,53-33-19-7-20-34-53)54-35-21-8-22-36-54)63(80)74-59-64(81)78-60(66(82)84-62(49-27-13-4-14-28-49)50-29-15-5-16-30-50)51(43-87-65(59)78)42-86-55-37-39-77(40-38-55)45-68(70,71)72;/h2-40,44,46,59,61-62,65H,41-43,45H2,1H3,(H-,73,74,75,80);1H/b76-58+;/t46?,59-,65-;/m1./s1. The molecule has 4 heterocycles. The van der Waals surface area contributed by atoms with Crippen molar-refractivity contribution in [3.8, 4) is 0 Å². The first-order valence-electron chi connectivity index (χ1n) is 28.2. The summed E-state index contributed by atoms with van der Waals surface area (Å²) in [6.45, 7) is 0.470.